The number of hydrogen-bond acceptors (Lipinski definition) is 5. The van der Waals surface area contributed by atoms with Crippen LogP contribution < -0.4 is 0 Å². The number of carbonyl (C=O) groups is 2. The molecule has 0 aliphatic carbocycles. The Morgan fingerprint density at radius 1 is 1.03 bits per heavy atom. The van der Waals surface area contributed by atoms with Gasteiger partial charge in [-0.05, 0) is 43.6 Å². The molecule has 3 heterocycles. The molecule has 7 nitrogen and oxygen atoms in total. The molecule has 3 saturated heterocycles. The summed E-state index contributed by atoms with van der Waals surface area (Å²) >= 11 is 12.1. The van der Waals surface area contributed by atoms with Crippen LogP contribution in [0.25, 0.3) is 0 Å². The van der Waals surface area contributed by atoms with Crippen molar-refractivity contribution in [3.63, 3.8) is 0 Å². The fourth-order valence-electron chi connectivity index (χ4n) is 5.03. The Morgan fingerprint density at radius 3 is 2.47 bits per heavy atom. The number of carbonyl (C=O) groups excluding carboxylic acids is 1. The molecule has 3 atom stereocenters. The summed E-state index contributed by atoms with van der Waals surface area (Å²) < 4.78 is 5.90. The normalized spacial score (nSPS) is 27.8. The molecule has 0 aromatic heterocycles. The van der Waals surface area contributed by atoms with Crippen LogP contribution >= 0.6 is 23.2 Å². The second-order valence-electron chi connectivity index (χ2n) is 8.28. The number of likely N-dealkylation sites (tertiary alicyclic amines) is 1. The number of nitrogens with zero attached hydrogens (tertiary/aromatic N) is 3. The summed E-state index contributed by atoms with van der Waals surface area (Å²) in [6.45, 7) is 4.00. The van der Waals surface area contributed by atoms with Crippen molar-refractivity contribution in [3.8, 4) is 0 Å². The molecule has 1 N–H and O–H groups in total. The van der Waals surface area contributed by atoms with E-state index in [1.165, 1.54) is 0 Å². The van der Waals surface area contributed by atoms with Crippen LogP contribution in [0.15, 0.2) is 18.2 Å². The van der Waals surface area contributed by atoms with Crippen LogP contribution in [0.2, 0.25) is 10.0 Å². The van der Waals surface area contributed by atoms with E-state index < -0.39 is 5.97 Å². The smallest absolute Gasteiger partial charge is 0.317 e. The van der Waals surface area contributed by atoms with Crippen molar-refractivity contribution < 1.29 is 19.4 Å². The fraction of sp³-hybridized carbons (Fsp3) is 0.619. The van der Waals surface area contributed by atoms with E-state index in [0.717, 1.165) is 31.5 Å². The summed E-state index contributed by atoms with van der Waals surface area (Å²) in [7, 11) is 0. The number of hydrogen-bond donors (Lipinski definition) is 1. The Balaban J connectivity index is 1.57. The van der Waals surface area contributed by atoms with Crippen molar-refractivity contribution in [2.24, 2.45) is 0 Å². The van der Waals surface area contributed by atoms with Crippen molar-refractivity contribution in [1.29, 1.82) is 0 Å². The summed E-state index contributed by atoms with van der Waals surface area (Å²) in [6, 6.07) is 5.16. The molecule has 0 saturated carbocycles. The van der Waals surface area contributed by atoms with Crippen molar-refractivity contribution in [1.82, 2.24) is 14.7 Å². The first kappa shape index (κ1) is 21.8. The molecular formula is C21H27Cl2N3O4. The van der Waals surface area contributed by atoms with E-state index in [-0.39, 0.29) is 37.0 Å². The van der Waals surface area contributed by atoms with E-state index in [4.69, 9.17) is 27.9 Å². The molecule has 0 bridgehead atoms. The molecule has 4 rings (SSSR count). The molecule has 164 valence electrons. The van der Waals surface area contributed by atoms with E-state index in [2.05, 4.69) is 4.90 Å². The zero-order valence-corrected chi connectivity index (χ0v) is 18.3. The molecule has 3 aliphatic heterocycles. The number of halogens is 2. The van der Waals surface area contributed by atoms with Crippen molar-refractivity contribution in [2.45, 2.75) is 37.4 Å². The SMILES string of the molecule is O=C(O)CN1CCN(C(=O)Cc2ccc(Cl)c(Cl)c2)[C@@H]2C(N3CCCC3)COCC21. The highest BCUT2D eigenvalue weighted by molar-refractivity contribution is 6.42. The number of fused-ring (bicyclic) bond motifs is 1. The number of rotatable bonds is 5. The van der Waals surface area contributed by atoms with Crippen molar-refractivity contribution in [2.75, 3.05) is 45.9 Å². The molecule has 1 amide bonds. The second-order valence-corrected chi connectivity index (χ2v) is 9.10. The minimum Gasteiger partial charge on any atom is -0.480 e. The summed E-state index contributed by atoms with van der Waals surface area (Å²) in [6.07, 6.45) is 2.53. The van der Waals surface area contributed by atoms with Gasteiger partial charge in [0.1, 0.15) is 0 Å². The Bertz CT molecular complexity index is 802. The monoisotopic (exact) mass is 455 g/mol. The van der Waals surface area contributed by atoms with Gasteiger partial charge in [-0.2, -0.15) is 0 Å². The number of piperazine rings is 1. The molecule has 9 heteroatoms. The topological polar surface area (TPSA) is 73.3 Å². The lowest BCUT2D eigenvalue weighted by atomic mass is 9.91. The first-order valence-corrected chi connectivity index (χ1v) is 11.2. The molecular weight excluding hydrogens is 429 g/mol. The van der Waals surface area contributed by atoms with Crippen molar-refractivity contribution in [3.05, 3.63) is 33.8 Å². The Labute approximate surface area is 186 Å². The molecule has 1 aromatic rings. The minimum atomic E-state index is -0.854. The maximum absolute atomic E-state index is 13.4. The number of ether oxygens (including phenoxy) is 1. The highest BCUT2D eigenvalue weighted by Gasteiger charge is 2.48. The lowest BCUT2D eigenvalue weighted by Crippen LogP contribution is -2.72. The van der Waals surface area contributed by atoms with E-state index in [1.54, 1.807) is 12.1 Å². The lowest BCUT2D eigenvalue weighted by Gasteiger charge is -2.54. The van der Waals surface area contributed by atoms with Gasteiger partial charge in [0.2, 0.25) is 5.91 Å². The predicted octanol–water partition coefficient (Wildman–Crippen LogP) is 2.00. The molecule has 3 fully saturated rings. The zero-order valence-electron chi connectivity index (χ0n) is 16.8. The van der Waals surface area contributed by atoms with Gasteiger partial charge in [0.25, 0.3) is 0 Å². The third-order valence-electron chi connectivity index (χ3n) is 6.43. The van der Waals surface area contributed by atoms with Crippen LogP contribution in [0.4, 0.5) is 0 Å². The van der Waals surface area contributed by atoms with Crippen LogP contribution in [-0.4, -0.2) is 95.7 Å². The summed E-state index contributed by atoms with van der Waals surface area (Å²) in [5, 5.41) is 10.3. The standard InChI is InChI=1S/C21H27Cl2N3O4/c22-15-4-3-14(9-16(15)23)10-19(27)26-8-7-25(11-20(28)29)18-13-30-12-17(21(18)26)24-5-1-2-6-24/h3-4,9,17-18,21H,1-2,5-8,10-13H2,(H,28,29)/t17?,18?,21-/m1/s1. The fourth-order valence-corrected chi connectivity index (χ4v) is 5.35. The van der Waals surface area contributed by atoms with Crippen LogP contribution in [0.3, 0.4) is 0 Å². The third kappa shape index (κ3) is 4.60. The van der Waals surface area contributed by atoms with Crippen LogP contribution in [0.1, 0.15) is 18.4 Å². The van der Waals surface area contributed by atoms with Crippen LogP contribution in [0, 0.1) is 0 Å². The number of carboxylic acid groups (broad SMARTS) is 1. The van der Waals surface area contributed by atoms with Gasteiger partial charge < -0.3 is 14.7 Å². The van der Waals surface area contributed by atoms with Crippen molar-refractivity contribution >= 4 is 35.1 Å². The van der Waals surface area contributed by atoms with E-state index in [1.807, 2.05) is 15.9 Å². The molecule has 1 aromatic carbocycles. The quantitative estimate of drug-likeness (QED) is 0.731. The third-order valence-corrected chi connectivity index (χ3v) is 7.17. The average molecular weight is 456 g/mol. The molecule has 0 spiro atoms. The number of benzene rings is 1. The van der Waals surface area contributed by atoms with E-state index in [9.17, 15) is 14.7 Å². The van der Waals surface area contributed by atoms with Gasteiger partial charge in [0.15, 0.2) is 0 Å². The number of carboxylic acids is 1. The Hall–Kier alpha value is -1.38. The van der Waals surface area contributed by atoms with Gasteiger partial charge in [0, 0.05) is 13.1 Å². The van der Waals surface area contributed by atoms with E-state index >= 15 is 0 Å². The molecule has 2 unspecified atom stereocenters. The van der Waals surface area contributed by atoms with E-state index in [0.29, 0.717) is 36.3 Å². The molecule has 0 radical (unpaired) electrons. The van der Waals surface area contributed by atoms with Crippen LogP contribution in [0.5, 0.6) is 0 Å². The average Bonchev–Trinajstić information content (AvgIpc) is 3.25. The van der Waals surface area contributed by atoms with Gasteiger partial charge in [0.05, 0.1) is 54.4 Å². The van der Waals surface area contributed by atoms with Gasteiger partial charge in [-0.15, -0.1) is 0 Å². The zero-order chi connectivity index (χ0) is 21.3. The molecule has 3 aliphatic rings. The minimum absolute atomic E-state index is 0.0319. The highest BCUT2D eigenvalue weighted by Crippen LogP contribution is 2.30. The summed E-state index contributed by atoms with van der Waals surface area (Å²) in [5.41, 5.74) is 0.823. The maximum atomic E-state index is 13.4. The predicted molar refractivity (Wildman–Crippen MR) is 114 cm³/mol. The first-order valence-electron chi connectivity index (χ1n) is 10.4. The lowest BCUT2D eigenvalue weighted by molar-refractivity contribution is -0.156. The summed E-state index contributed by atoms with van der Waals surface area (Å²) in [5.74, 6) is -0.822. The Kier molecular flexibility index (Phi) is 6.85. The largest absolute Gasteiger partial charge is 0.480 e. The number of amides is 1. The Morgan fingerprint density at radius 2 is 1.77 bits per heavy atom. The maximum Gasteiger partial charge on any atom is 0.317 e. The highest BCUT2D eigenvalue weighted by atomic mass is 35.5. The van der Waals surface area contributed by atoms with Gasteiger partial charge in [-0.1, -0.05) is 29.3 Å². The second kappa shape index (κ2) is 9.40. The summed E-state index contributed by atoms with van der Waals surface area (Å²) in [4.78, 5) is 31.1. The van der Waals surface area contributed by atoms with Gasteiger partial charge >= 0.3 is 5.97 Å². The van der Waals surface area contributed by atoms with Gasteiger partial charge in [-0.25, -0.2) is 0 Å². The molecule has 30 heavy (non-hydrogen) atoms. The van der Waals surface area contributed by atoms with Crippen LogP contribution in [-0.2, 0) is 20.7 Å². The number of aliphatic carboxylic acids is 1. The first-order chi connectivity index (χ1) is 14.4. The van der Waals surface area contributed by atoms with Gasteiger partial charge in [-0.3, -0.25) is 19.4 Å².